The molecule has 7 nitrogen and oxygen atoms in total. The molecule has 4 aromatic rings. The molecule has 7 heteroatoms. The number of benzene rings is 3. The number of carbonyl (C=O) groups is 1. The summed E-state index contributed by atoms with van der Waals surface area (Å²) in [7, 11) is 0. The van der Waals surface area contributed by atoms with Crippen LogP contribution in [0.5, 0.6) is 11.5 Å². The summed E-state index contributed by atoms with van der Waals surface area (Å²) in [4.78, 5) is 20.5. The zero-order valence-corrected chi connectivity index (χ0v) is 18.7. The summed E-state index contributed by atoms with van der Waals surface area (Å²) in [6.07, 6.45) is 2.26. The van der Waals surface area contributed by atoms with Gasteiger partial charge in [-0.25, -0.2) is 10.4 Å². The monoisotopic (exact) mass is 442 g/mol. The Morgan fingerprint density at radius 3 is 2.64 bits per heavy atom. The van der Waals surface area contributed by atoms with Crippen molar-refractivity contribution in [2.75, 3.05) is 13.2 Å². The molecule has 0 saturated heterocycles. The number of rotatable bonds is 9. The molecule has 0 radical (unpaired) electrons. The second-order valence-corrected chi connectivity index (χ2v) is 7.34. The number of fused-ring (bicyclic) bond motifs is 1. The van der Waals surface area contributed by atoms with Crippen LogP contribution in [0.1, 0.15) is 41.2 Å². The summed E-state index contributed by atoms with van der Waals surface area (Å²) < 4.78 is 11.2. The first-order chi connectivity index (χ1) is 16.2. The molecule has 4 rings (SSSR count). The molecule has 33 heavy (non-hydrogen) atoms. The van der Waals surface area contributed by atoms with Crippen molar-refractivity contribution in [3.05, 3.63) is 89.2 Å². The van der Waals surface area contributed by atoms with E-state index in [9.17, 15) is 4.79 Å². The zero-order valence-electron chi connectivity index (χ0n) is 18.7. The lowest BCUT2D eigenvalue weighted by Gasteiger charge is -2.10. The van der Waals surface area contributed by atoms with E-state index in [0.717, 1.165) is 28.2 Å². The normalized spacial score (nSPS) is 11.1. The van der Waals surface area contributed by atoms with Gasteiger partial charge in [-0.3, -0.25) is 4.79 Å². The van der Waals surface area contributed by atoms with Crippen molar-refractivity contribution < 1.29 is 14.3 Å². The van der Waals surface area contributed by atoms with E-state index in [1.807, 2.05) is 56.3 Å². The third-order valence-corrected chi connectivity index (χ3v) is 4.97. The van der Waals surface area contributed by atoms with Crippen molar-refractivity contribution in [2.24, 2.45) is 5.10 Å². The molecular weight excluding hydrogens is 416 g/mol. The number of aromatic amines is 1. The fraction of sp³-hybridized carbons (Fsp3) is 0.192. The number of ether oxygens (including phenoxy) is 2. The number of hydrazone groups is 1. The maximum absolute atomic E-state index is 12.6. The number of H-pyrrole nitrogens is 1. The highest BCUT2D eigenvalue weighted by Gasteiger charge is 2.10. The van der Waals surface area contributed by atoms with Gasteiger partial charge in [-0.2, -0.15) is 5.10 Å². The largest absolute Gasteiger partial charge is 0.494 e. The number of aromatic nitrogens is 2. The predicted molar refractivity (Wildman–Crippen MR) is 129 cm³/mol. The minimum Gasteiger partial charge on any atom is -0.494 e. The molecule has 0 unspecified atom stereocenters. The third kappa shape index (κ3) is 5.57. The van der Waals surface area contributed by atoms with E-state index in [1.165, 1.54) is 5.56 Å². The van der Waals surface area contributed by atoms with Crippen LogP contribution < -0.4 is 14.9 Å². The van der Waals surface area contributed by atoms with Gasteiger partial charge in [0.05, 0.1) is 30.5 Å². The third-order valence-electron chi connectivity index (χ3n) is 4.97. The summed E-state index contributed by atoms with van der Waals surface area (Å²) in [5, 5.41) is 4.11. The smallest absolute Gasteiger partial charge is 0.271 e. The minimum atomic E-state index is -0.309. The predicted octanol–water partition coefficient (Wildman–Crippen LogP) is 4.72. The number of nitrogens with zero attached hydrogens (tertiary/aromatic N) is 2. The van der Waals surface area contributed by atoms with Crippen LogP contribution in [0.25, 0.3) is 11.0 Å². The molecule has 0 aliphatic carbocycles. The molecule has 0 spiro atoms. The summed E-state index contributed by atoms with van der Waals surface area (Å²) in [6, 6.07) is 21.0. The average molecular weight is 443 g/mol. The summed E-state index contributed by atoms with van der Waals surface area (Å²) in [5.41, 5.74) is 6.61. The van der Waals surface area contributed by atoms with Crippen molar-refractivity contribution in [1.29, 1.82) is 0 Å². The Morgan fingerprint density at radius 1 is 1.03 bits per heavy atom. The number of hydrogen-bond donors (Lipinski definition) is 2. The second-order valence-electron chi connectivity index (χ2n) is 7.34. The lowest BCUT2D eigenvalue weighted by atomic mass is 10.1. The Hall–Kier alpha value is -4.13. The fourth-order valence-corrected chi connectivity index (χ4v) is 3.46. The molecule has 0 aliphatic heterocycles. The van der Waals surface area contributed by atoms with E-state index in [1.54, 1.807) is 18.3 Å². The Kier molecular flexibility index (Phi) is 6.99. The number of carbonyl (C=O) groups excluding carboxylic acids is 1. The molecule has 0 atom stereocenters. The van der Waals surface area contributed by atoms with E-state index in [2.05, 4.69) is 32.6 Å². The van der Waals surface area contributed by atoms with Crippen LogP contribution >= 0.6 is 0 Å². The molecule has 1 aromatic heterocycles. The molecule has 168 valence electrons. The van der Waals surface area contributed by atoms with E-state index in [-0.39, 0.29) is 5.91 Å². The van der Waals surface area contributed by atoms with E-state index in [0.29, 0.717) is 30.9 Å². The van der Waals surface area contributed by atoms with Crippen LogP contribution in [0, 0.1) is 0 Å². The molecule has 3 aromatic carbocycles. The number of amides is 1. The molecule has 1 heterocycles. The van der Waals surface area contributed by atoms with Crippen molar-refractivity contribution in [1.82, 2.24) is 15.4 Å². The number of hydrogen-bond acceptors (Lipinski definition) is 5. The first kappa shape index (κ1) is 22.1. The zero-order chi connectivity index (χ0) is 23.0. The Morgan fingerprint density at radius 2 is 1.85 bits per heavy atom. The van der Waals surface area contributed by atoms with E-state index >= 15 is 0 Å². The number of nitrogens with one attached hydrogen (secondary N) is 2. The highest BCUT2D eigenvalue weighted by atomic mass is 16.5. The van der Waals surface area contributed by atoms with E-state index in [4.69, 9.17) is 9.47 Å². The van der Waals surface area contributed by atoms with Gasteiger partial charge in [0, 0.05) is 23.6 Å². The van der Waals surface area contributed by atoms with Crippen LogP contribution in [-0.2, 0) is 6.42 Å². The quantitative estimate of drug-likeness (QED) is 0.290. The first-order valence-corrected chi connectivity index (χ1v) is 10.9. The van der Waals surface area contributed by atoms with Gasteiger partial charge in [0.2, 0.25) is 0 Å². The van der Waals surface area contributed by atoms with Gasteiger partial charge in [0.25, 0.3) is 5.91 Å². The van der Waals surface area contributed by atoms with E-state index < -0.39 is 0 Å². The standard InChI is InChI=1S/C26H26N4O3/c1-3-32-21-12-10-20(24(16-21)33-4-2)17-27-30-26(31)19-11-13-22-23(15-19)29-25(28-22)14-18-8-6-5-7-9-18/h5-13,15-17H,3-4,14H2,1-2H3,(H,28,29)(H,30,31)/b27-17-. The molecule has 0 bridgehead atoms. The van der Waals surface area contributed by atoms with Crippen LogP contribution in [-0.4, -0.2) is 35.3 Å². The molecule has 2 N–H and O–H groups in total. The fourth-order valence-electron chi connectivity index (χ4n) is 3.46. The van der Waals surface area contributed by atoms with Gasteiger partial charge in [-0.1, -0.05) is 30.3 Å². The molecule has 0 saturated carbocycles. The second kappa shape index (κ2) is 10.5. The minimum absolute atomic E-state index is 0.309. The van der Waals surface area contributed by atoms with Gasteiger partial charge in [0.1, 0.15) is 17.3 Å². The Labute approximate surface area is 192 Å². The van der Waals surface area contributed by atoms with Crippen LogP contribution in [0.2, 0.25) is 0 Å². The molecule has 0 fully saturated rings. The van der Waals surface area contributed by atoms with Crippen molar-refractivity contribution in [3.8, 4) is 11.5 Å². The van der Waals surface area contributed by atoms with Crippen molar-refractivity contribution in [2.45, 2.75) is 20.3 Å². The highest BCUT2D eigenvalue weighted by molar-refractivity contribution is 5.98. The highest BCUT2D eigenvalue weighted by Crippen LogP contribution is 2.24. The van der Waals surface area contributed by atoms with Crippen LogP contribution in [0.3, 0.4) is 0 Å². The first-order valence-electron chi connectivity index (χ1n) is 10.9. The molecule has 1 amide bonds. The maximum Gasteiger partial charge on any atom is 0.271 e. The summed E-state index contributed by atoms with van der Waals surface area (Å²) >= 11 is 0. The van der Waals surface area contributed by atoms with Crippen molar-refractivity contribution in [3.63, 3.8) is 0 Å². The lowest BCUT2D eigenvalue weighted by Crippen LogP contribution is -2.17. The van der Waals surface area contributed by atoms with Crippen molar-refractivity contribution >= 4 is 23.2 Å². The average Bonchev–Trinajstić information content (AvgIpc) is 3.23. The van der Waals surface area contributed by atoms with Gasteiger partial charge in [0.15, 0.2) is 0 Å². The summed E-state index contributed by atoms with van der Waals surface area (Å²) in [5.74, 6) is 1.91. The van der Waals surface area contributed by atoms with Crippen LogP contribution in [0.4, 0.5) is 0 Å². The topological polar surface area (TPSA) is 88.6 Å². The molecular formula is C26H26N4O3. The summed E-state index contributed by atoms with van der Waals surface area (Å²) in [6.45, 7) is 4.92. The van der Waals surface area contributed by atoms with Gasteiger partial charge in [-0.05, 0) is 49.7 Å². The van der Waals surface area contributed by atoms with Gasteiger partial charge < -0.3 is 14.5 Å². The molecule has 0 aliphatic rings. The Bertz CT molecular complexity index is 1270. The maximum atomic E-state index is 12.6. The van der Waals surface area contributed by atoms with Crippen LogP contribution in [0.15, 0.2) is 71.8 Å². The SMILES string of the molecule is CCOc1ccc(/C=N\NC(=O)c2ccc3nc(Cc4ccccc4)[nH]c3c2)c(OCC)c1. The lowest BCUT2D eigenvalue weighted by molar-refractivity contribution is 0.0955. The Balaban J connectivity index is 1.45. The van der Waals surface area contributed by atoms with Gasteiger partial charge >= 0.3 is 0 Å². The number of imidazole rings is 1. The van der Waals surface area contributed by atoms with Gasteiger partial charge in [-0.15, -0.1) is 0 Å².